The Morgan fingerprint density at radius 3 is 2.38 bits per heavy atom. The van der Waals surface area contributed by atoms with Crippen LogP contribution < -0.4 is 33.4 Å². The summed E-state index contributed by atoms with van der Waals surface area (Å²) in [5.74, 6) is 0. The van der Waals surface area contributed by atoms with E-state index < -0.39 is 0 Å². The molecule has 0 aromatic carbocycles. The summed E-state index contributed by atoms with van der Waals surface area (Å²) < 4.78 is 0. The van der Waals surface area contributed by atoms with Crippen molar-refractivity contribution in [3.63, 3.8) is 0 Å². The summed E-state index contributed by atoms with van der Waals surface area (Å²) in [6.45, 7) is 0. The van der Waals surface area contributed by atoms with Crippen LogP contribution in [0.15, 0.2) is 0 Å². The van der Waals surface area contributed by atoms with E-state index in [-0.39, 0.29) is 22.5 Å². The molecule has 6 heteroatoms. The Bertz CT molecular complexity index is 105. The minimum atomic E-state index is -0.00926. The average molecular weight is 216 g/mol. The molecule has 0 saturated carbocycles. The second-order valence-electron chi connectivity index (χ2n) is 1.11. The van der Waals surface area contributed by atoms with Gasteiger partial charge < -0.3 is 17.0 Å². The molecule has 0 radical (unpaired) electrons. The van der Waals surface area contributed by atoms with Crippen molar-refractivity contribution in [1.82, 2.24) is 0 Å². The first-order valence-electron chi connectivity index (χ1n) is 1.77. The van der Waals surface area contributed by atoms with Crippen LogP contribution in [0.4, 0.5) is 0 Å². The summed E-state index contributed by atoms with van der Waals surface area (Å²) in [5, 5.41) is 0.706. The third-order valence-electron chi connectivity index (χ3n) is 0.526. The highest BCUT2D eigenvalue weighted by Gasteiger charge is 2.16. The first kappa shape index (κ1) is 8.61. The number of hydrogen-bond acceptors (Lipinski definition) is 4. The Balaban J connectivity index is 0.000000490. The van der Waals surface area contributed by atoms with Gasteiger partial charge in [0.2, 0.25) is 5.50 Å². The molecule has 1 atom stereocenters. The van der Waals surface area contributed by atoms with Crippen molar-refractivity contribution in [2.45, 2.75) is 5.50 Å². The van der Waals surface area contributed by atoms with Gasteiger partial charge in [-0.25, -0.2) is 4.99 Å². The van der Waals surface area contributed by atoms with Crippen LogP contribution in [0, 0.1) is 0 Å². The van der Waals surface area contributed by atoms with Crippen LogP contribution in [0.3, 0.4) is 0 Å². The fourth-order valence-electron chi connectivity index (χ4n) is 0.292. The molecule has 5 N–H and O–H groups in total. The normalized spacial score (nSPS) is 26.6. The van der Waals surface area contributed by atoms with Gasteiger partial charge in [0.1, 0.15) is 0 Å². The van der Waals surface area contributed by atoms with Crippen LogP contribution in [0.5, 0.6) is 0 Å². The third-order valence-corrected chi connectivity index (χ3v) is 2.69. The highest BCUT2D eigenvalue weighted by Crippen LogP contribution is 2.21. The molecule has 0 aromatic heterocycles. The van der Waals surface area contributed by atoms with Crippen LogP contribution in [-0.4, -0.2) is 10.7 Å². The molecule has 1 unspecified atom stereocenters. The predicted octanol–water partition coefficient (Wildman–Crippen LogP) is -4.98. The van der Waals surface area contributed by atoms with E-state index in [2.05, 4.69) is 4.99 Å². The molecule has 1 aliphatic rings. The predicted molar refractivity (Wildman–Crippen MR) is 33.3 cm³/mol. The van der Waals surface area contributed by atoms with Gasteiger partial charge in [0.15, 0.2) is 0 Å². The fourth-order valence-corrected chi connectivity index (χ4v) is 1.83. The monoisotopic (exact) mass is 215 g/mol. The lowest BCUT2D eigenvalue weighted by Gasteiger charge is -1.84. The van der Waals surface area contributed by atoms with Crippen molar-refractivity contribution in [1.29, 1.82) is 0 Å². The van der Waals surface area contributed by atoms with Gasteiger partial charge in [-0.15, -0.1) is 0 Å². The Labute approximate surface area is 65.8 Å². The lowest BCUT2D eigenvalue weighted by Crippen LogP contribution is -3.00. The number of amidine groups is 1. The molecule has 0 fully saturated rings. The van der Waals surface area contributed by atoms with Crippen molar-refractivity contribution in [3.8, 4) is 0 Å². The second-order valence-corrected chi connectivity index (χ2v) is 3.49. The van der Waals surface area contributed by atoms with Crippen LogP contribution in [0.2, 0.25) is 0 Å². The third kappa shape index (κ3) is 2.25. The van der Waals surface area contributed by atoms with Crippen LogP contribution in [0.1, 0.15) is 0 Å². The van der Waals surface area contributed by atoms with Gasteiger partial charge in [0.25, 0.3) is 0 Å². The van der Waals surface area contributed by atoms with E-state index in [1.807, 2.05) is 0 Å². The topological polar surface area (TPSA) is 66.0 Å². The number of halogens is 1. The van der Waals surface area contributed by atoms with Crippen LogP contribution in [-0.2, 0) is 0 Å². The maximum atomic E-state index is 5.36. The van der Waals surface area contributed by atoms with E-state index in [0.29, 0.717) is 5.17 Å². The summed E-state index contributed by atoms with van der Waals surface area (Å²) in [6, 6.07) is 0. The molecule has 0 aliphatic carbocycles. The van der Waals surface area contributed by atoms with Crippen molar-refractivity contribution in [2.24, 2.45) is 11.5 Å². The highest BCUT2D eigenvalue weighted by atomic mass is 79.9. The molecule has 3 nitrogen and oxygen atoms in total. The molecule has 0 aromatic rings. The average Bonchev–Trinajstić information content (AvgIpc) is 1.87. The Kier molecular flexibility index (Phi) is 3.87. The minimum absolute atomic E-state index is 0. The van der Waals surface area contributed by atoms with Gasteiger partial charge in [0, 0.05) is 10.8 Å². The molecule has 0 saturated heterocycles. The van der Waals surface area contributed by atoms with Crippen LogP contribution >= 0.6 is 21.6 Å². The molecular formula is C2H6BrN3S2. The van der Waals surface area contributed by atoms with Crippen molar-refractivity contribution in [3.05, 3.63) is 0 Å². The molecule has 1 aliphatic heterocycles. The maximum Gasteiger partial charge on any atom is 0.314 e. The SMILES string of the molecule is NC1=[NH+]C(N)SS1.[Br-]. The van der Waals surface area contributed by atoms with Crippen molar-refractivity contribution >= 4 is 26.8 Å². The zero-order valence-electron chi connectivity index (χ0n) is 3.93. The molecule has 0 spiro atoms. The first-order valence-corrected chi connectivity index (χ1v) is 3.98. The Hall–Kier alpha value is 0.610. The number of nitrogens with one attached hydrogen (secondary N) is 1. The van der Waals surface area contributed by atoms with Gasteiger partial charge >= 0.3 is 5.17 Å². The van der Waals surface area contributed by atoms with Gasteiger partial charge in [-0.2, -0.15) is 0 Å². The zero-order chi connectivity index (χ0) is 5.28. The fraction of sp³-hybridized carbons (Fsp3) is 0.500. The number of nitrogens with two attached hydrogens (primary N) is 2. The zero-order valence-corrected chi connectivity index (χ0v) is 7.15. The molecule has 8 heavy (non-hydrogen) atoms. The smallest absolute Gasteiger partial charge is 0.314 e. The summed E-state index contributed by atoms with van der Waals surface area (Å²) in [4.78, 5) is 2.81. The summed E-state index contributed by atoms with van der Waals surface area (Å²) in [5.41, 5.74) is 10.6. The summed E-state index contributed by atoms with van der Waals surface area (Å²) in [6.07, 6.45) is 0. The van der Waals surface area contributed by atoms with Gasteiger partial charge in [0.05, 0.1) is 0 Å². The minimum Gasteiger partial charge on any atom is -1.00 e. The highest BCUT2D eigenvalue weighted by molar-refractivity contribution is 8.82. The lowest BCUT2D eigenvalue weighted by molar-refractivity contribution is -0.468. The van der Waals surface area contributed by atoms with Gasteiger partial charge in [-0.1, -0.05) is 0 Å². The number of rotatable bonds is 0. The van der Waals surface area contributed by atoms with Crippen LogP contribution in [0.25, 0.3) is 0 Å². The summed E-state index contributed by atoms with van der Waals surface area (Å²) >= 11 is 0. The van der Waals surface area contributed by atoms with E-state index in [4.69, 9.17) is 11.5 Å². The van der Waals surface area contributed by atoms with Crippen molar-refractivity contribution < 1.29 is 22.0 Å². The Morgan fingerprint density at radius 2 is 2.25 bits per heavy atom. The van der Waals surface area contributed by atoms with E-state index in [1.165, 1.54) is 21.6 Å². The molecule has 48 valence electrons. The van der Waals surface area contributed by atoms with E-state index in [0.717, 1.165) is 0 Å². The largest absolute Gasteiger partial charge is 1.00 e. The van der Waals surface area contributed by atoms with Crippen molar-refractivity contribution in [2.75, 3.05) is 0 Å². The maximum absolute atomic E-state index is 5.36. The summed E-state index contributed by atoms with van der Waals surface area (Å²) in [7, 11) is 3.01. The second kappa shape index (κ2) is 3.60. The van der Waals surface area contributed by atoms with Gasteiger partial charge in [-0.05, 0) is 10.8 Å². The number of hydrogen-bond donors (Lipinski definition) is 3. The molecule has 0 amide bonds. The molecule has 0 bridgehead atoms. The quantitative estimate of drug-likeness (QED) is 0.355. The first-order chi connectivity index (χ1) is 3.29. The molecular weight excluding hydrogens is 210 g/mol. The lowest BCUT2D eigenvalue weighted by atomic mass is 11.1. The van der Waals surface area contributed by atoms with E-state index in [9.17, 15) is 0 Å². The molecule has 1 heterocycles. The van der Waals surface area contributed by atoms with E-state index in [1.54, 1.807) is 0 Å². The van der Waals surface area contributed by atoms with E-state index >= 15 is 0 Å². The van der Waals surface area contributed by atoms with Gasteiger partial charge in [-0.3, -0.25) is 11.5 Å². The standard InChI is InChI=1S/C2H5N3S2.BrH/c3-1-5-2(4)7-6-1;/h1H,3H2,(H2,4,5);1H. The molecule has 1 rings (SSSR count). The Morgan fingerprint density at radius 1 is 1.62 bits per heavy atom.